The first-order valence-corrected chi connectivity index (χ1v) is 6.07. The molecule has 0 aromatic carbocycles. The molecule has 2 atom stereocenters. The zero-order chi connectivity index (χ0) is 12.8. The molecule has 2 fully saturated rings. The predicted molar refractivity (Wildman–Crippen MR) is 61.3 cm³/mol. The molecular formula is C12H14F3N3. The van der Waals surface area contributed by atoms with E-state index >= 15 is 0 Å². The van der Waals surface area contributed by atoms with Crippen LogP contribution in [0.1, 0.15) is 12.1 Å². The Morgan fingerprint density at radius 3 is 2.89 bits per heavy atom. The van der Waals surface area contributed by atoms with Crippen molar-refractivity contribution in [1.29, 1.82) is 0 Å². The smallest absolute Gasteiger partial charge is 0.352 e. The van der Waals surface area contributed by atoms with Crippen LogP contribution in [0.5, 0.6) is 0 Å². The number of aromatic nitrogens is 1. The number of halogens is 3. The maximum absolute atomic E-state index is 12.6. The van der Waals surface area contributed by atoms with E-state index in [4.69, 9.17) is 0 Å². The fourth-order valence-electron chi connectivity index (χ4n) is 2.87. The van der Waals surface area contributed by atoms with Crippen molar-refractivity contribution in [3.63, 3.8) is 0 Å². The van der Waals surface area contributed by atoms with Crippen molar-refractivity contribution in [1.82, 2.24) is 10.3 Å². The molecule has 6 heteroatoms. The number of nitrogens with one attached hydrogen (secondary N) is 1. The molecule has 0 radical (unpaired) electrons. The monoisotopic (exact) mass is 257 g/mol. The van der Waals surface area contributed by atoms with Gasteiger partial charge in [-0.3, -0.25) is 0 Å². The molecule has 0 saturated carbocycles. The van der Waals surface area contributed by atoms with Crippen LogP contribution in [0.15, 0.2) is 18.2 Å². The molecule has 3 heterocycles. The van der Waals surface area contributed by atoms with Crippen LogP contribution >= 0.6 is 0 Å². The highest BCUT2D eigenvalue weighted by atomic mass is 19.4. The van der Waals surface area contributed by atoms with E-state index in [0.717, 1.165) is 32.1 Å². The second-order valence-electron chi connectivity index (χ2n) is 4.85. The first-order valence-electron chi connectivity index (χ1n) is 6.07. The second-order valence-corrected chi connectivity index (χ2v) is 4.85. The lowest BCUT2D eigenvalue weighted by atomic mass is 10.1. The maximum atomic E-state index is 12.6. The molecule has 0 bridgehead atoms. The number of alkyl halides is 3. The lowest BCUT2D eigenvalue weighted by Gasteiger charge is -2.25. The highest BCUT2D eigenvalue weighted by Crippen LogP contribution is 2.33. The van der Waals surface area contributed by atoms with Crippen LogP contribution in [0, 0.1) is 5.92 Å². The van der Waals surface area contributed by atoms with E-state index in [1.54, 1.807) is 6.07 Å². The van der Waals surface area contributed by atoms with Gasteiger partial charge in [0.15, 0.2) is 0 Å². The van der Waals surface area contributed by atoms with Gasteiger partial charge >= 0.3 is 6.18 Å². The third-order valence-corrected chi connectivity index (χ3v) is 3.76. The molecule has 3 nitrogen and oxygen atoms in total. The van der Waals surface area contributed by atoms with E-state index < -0.39 is 11.9 Å². The van der Waals surface area contributed by atoms with Gasteiger partial charge in [-0.25, -0.2) is 4.98 Å². The van der Waals surface area contributed by atoms with Crippen LogP contribution in [0.2, 0.25) is 0 Å². The molecule has 3 rings (SSSR count). The van der Waals surface area contributed by atoms with Crippen molar-refractivity contribution in [2.75, 3.05) is 24.5 Å². The molecule has 0 spiro atoms. The Bertz CT molecular complexity index is 446. The molecular weight excluding hydrogens is 243 g/mol. The van der Waals surface area contributed by atoms with Crippen LogP contribution in [0.3, 0.4) is 0 Å². The number of anilines is 1. The van der Waals surface area contributed by atoms with E-state index in [0.29, 0.717) is 17.8 Å². The third kappa shape index (κ3) is 1.94. The zero-order valence-electron chi connectivity index (χ0n) is 9.74. The fraction of sp³-hybridized carbons (Fsp3) is 0.583. The molecule has 1 aromatic heterocycles. The topological polar surface area (TPSA) is 28.2 Å². The standard InChI is InChI=1S/C12H14F3N3/c13-12(14,15)10-2-1-3-11(17-10)18-5-4-8-6-16-7-9(8)18/h1-3,8-9,16H,4-7H2/t8-,9+/m0/s1. The summed E-state index contributed by atoms with van der Waals surface area (Å²) in [5.74, 6) is 0.988. The lowest BCUT2D eigenvalue weighted by molar-refractivity contribution is -0.141. The van der Waals surface area contributed by atoms with Gasteiger partial charge in [-0.15, -0.1) is 0 Å². The van der Waals surface area contributed by atoms with Crippen molar-refractivity contribution >= 4 is 5.82 Å². The van der Waals surface area contributed by atoms with E-state index in [1.807, 2.05) is 4.90 Å². The van der Waals surface area contributed by atoms with E-state index in [2.05, 4.69) is 10.3 Å². The first kappa shape index (κ1) is 11.8. The first-order chi connectivity index (χ1) is 8.55. The number of pyridine rings is 1. The maximum Gasteiger partial charge on any atom is 0.433 e. The summed E-state index contributed by atoms with van der Waals surface area (Å²) in [6.45, 7) is 2.59. The Balaban J connectivity index is 1.88. The summed E-state index contributed by atoms with van der Waals surface area (Å²) in [5.41, 5.74) is -0.811. The minimum Gasteiger partial charge on any atom is -0.352 e. The van der Waals surface area contributed by atoms with Crippen LogP contribution in [-0.2, 0) is 6.18 Å². The number of rotatable bonds is 1. The Morgan fingerprint density at radius 2 is 2.11 bits per heavy atom. The van der Waals surface area contributed by atoms with Gasteiger partial charge in [-0.1, -0.05) is 6.07 Å². The Morgan fingerprint density at radius 1 is 1.28 bits per heavy atom. The molecule has 1 N–H and O–H groups in total. The van der Waals surface area contributed by atoms with Crippen LogP contribution in [0.4, 0.5) is 19.0 Å². The van der Waals surface area contributed by atoms with Gasteiger partial charge < -0.3 is 10.2 Å². The van der Waals surface area contributed by atoms with Gasteiger partial charge in [0.05, 0.1) is 0 Å². The SMILES string of the molecule is FC(F)(F)c1cccc(N2CC[C@H]3CNC[C@H]32)n1. The van der Waals surface area contributed by atoms with Gasteiger partial charge in [0.1, 0.15) is 11.5 Å². The highest BCUT2D eigenvalue weighted by Gasteiger charge is 2.39. The summed E-state index contributed by atoms with van der Waals surface area (Å²) in [4.78, 5) is 5.76. The normalized spacial score (nSPS) is 27.6. The molecule has 98 valence electrons. The molecule has 0 unspecified atom stereocenters. The summed E-state index contributed by atoms with van der Waals surface area (Å²) < 4.78 is 37.9. The van der Waals surface area contributed by atoms with Crippen molar-refractivity contribution in [2.45, 2.75) is 18.6 Å². The van der Waals surface area contributed by atoms with E-state index in [1.165, 1.54) is 6.07 Å². The second kappa shape index (κ2) is 4.12. The van der Waals surface area contributed by atoms with Gasteiger partial charge in [0.2, 0.25) is 0 Å². The predicted octanol–water partition coefficient (Wildman–Crippen LogP) is 1.90. The molecule has 18 heavy (non-hydrogen) atoms. The van der Waals surface area contributed by atoms with Crippen molar-refractivity contribution in [3.8, 4) is 0 Å². The van der Waals surface area contributed by atoms with Crippen molar-refractivity contribution in [2.24, 2.45) is 5.92 Å². The largest absolute Gasteiger partial charge is 0.433 e. The van der Waals surface area contributed by atoms with Gasteiger partial charge in [-0.2, -0.15) is 13.2 Å². The zero-order valence-corrected chi connectivity index (χ0v) is 9.74. The summed E-state index contributed by atoms with van der Waals surface area (Å²) in [6, 6.07) is 4.40. The van der Waals surface area contributed by atoms with Gasteiger partial charge in [-0.05, 0) is 24.5 Å². The summed E-state index contributed by atoms with van der Waals surface area (Å²) in [5, 5.41) is 3.28. The molecule has 0 aliphatic carbocycles. The Kier molecular flexibility index (Phi) is 2.69. The van der Waals surface area contributed by atoms with Gasteiger partial charge in [0.25, 0.3) is 0 Å². The molecule has 2 aliphatic heterocycles. The average Bonchev–Trinajstić information content (AvgIpc) is 2.89. The third-order valence-electron chi connectivity index (χ3n) is 3.76. The van der Waals surface area contributed by atoms with E-state index in [-0.39, 0.29) is 0 Å². The van der Waals surface area contributed by atoms with Crippen molar-refractivity contribution < 1.29 is 13.2 Å². The number of nitrogens with zero attached hydrogens (tertiary/aromatic N) is 2. The number of hydrogen-bond acceptors (Lipinski definition) is 3. The molecule has 1 aromatic rings. The molecule has 0 amide bonds. The number of hydrogen-bond donors (Lipinski definition) is 1. The van der Waals surface area contributed by atoms with Crippen LogP contribution in [-0.4, -0.2) is 30.7 Å². The summed E-state index contributed by atoms with van der Waals surface area (Å²) >= 11 is 0. The van der Waals surface area contributed by atoms with E-state index in [9.17, 15) is 13.2 Å². The van der Waals surface area contributed by atoms with Crippen LogP contribution in [0.25, 0.3) is 0 Å². The lowest BCUT2D eigenvalue weighted by Crippen LogP contribution is -2.35. The average molecular weight is 257 g/mol. The number of fused-ring (bicyclic) bond motifs is 1. The molecule has 2 saturated heterocycles. The molecule has 2 aliphatic rings. The van der Waals surface area contributed by atoms with Crippen molar-refractivity contribution in [3.05, 3.63) is 23.9 Å². The quantitative estimate of drug-likeness (QED) is 0.833. The fourth-order valence-corrected chi connectivity index (χ4v) is 2.87. The van der Waals surface area contributed by atoms with Crippen LogP contribution < -0.4 is 10.2 Å². The van der Waals surface area contributed by atoms with Gasteiger partial charge in [0, 0.05) is 25.7 Å². The Labute approximate surface area is 103 Å². The summed E-state index contributed by atoms with van der Waals surface area (Å²) in [6.07, 6.45) is -3.35. The minimum absolute atomic E-state index is 0.293. The highest BCUT2D eigenvalue weighted by molar-refractivity contribution is 5.43. The summed E-state index contributed by atoms with van der Waals surface area (Å²) in [7, 11) is 0. The minimum atomic E-state index is -4.37. The Hall–Kier alpha value is -1.30.